The molecule has 0 spiro atoms. The summed E-state index contributed by atoms with van der Waals surface area (Å²) in [5, 5.41) is 11.0. The zero-order chi connectivity index (χ0) is 14.6. The first-order chi connectivity index (χ1) is 9.68. The van der Waals surface area contributed by atoms with Crippen molar-refractivity contribution in [1.29, 1.82) is 0 Å². The van der Waals surface area contributed by atoms with Crippen LogP contribution in [0.1, 0.15) is 50.5 Å². The fraction of sp³-hybridized carbons (Fsp3) is 0.647. The number of rotatable bonds is 6. The zero-order valence-corrected chi connectivity index (χ0v) is 12.6. The van der Waals surface area contributed by atoms with Gasteiger partial charge < -0.3 is 15.6 Å². The Morgan fingerprint density at radius 2 is 1.95 bits per heavy atom. The van der Waals surface area contributed by atoms with Gasteiger partial charge in [0.2, 0.25) is 0 Å². The van der Waals surface area contributed by atoms with Crippen molar-refractivity contribution in [2.75, 3.05) is 13.7 Å². The van der Waals surface area contributed by atoms with E-state index in [-0.39, 0.29) is 11.3 Å². The average molecular weight is 277 g/mol. The van der Waals surface area contributed by atoms with E-state index in [0.717, 1.165) is 30.6 Å². The van der Waals surface area contributed by atoms with Crippen LogP contribution in [0, 0.1) is 5.41 Å². The van der Waals surface area contributed by atoms with Gasteiger partial charge in [-0.3, -0.25) is 0 Å². The fourth-order valence-corrected chi connectivity index (χ4v) is 3.76. The Morgan fingerprint density at radius 1 is 1.30 bits per heavy atom. The summed E-state index contributed by atoms with van der Waals surface area (Å²) in [5.74, 6) is 0.774. The molecule has 1 aromatic carbocycles. The van der Waals surface area contributed by atoms with Crippen LogP contribution in [0.4, 0.5) is 0 Å². The van der Waals surface area contributed by atoms with Gasteiger partial charge in [0.25, 0.3) is 0 Å². The van der Waals surface area contributed by atoms with E-state index in [2.05, 4.69) is 6.92 Å². The topological polar surface area (TPSA) is 55.5 Å². The van der Waals surface area contributed by atoms with Crippen molar-refractivity contribution >= 4 is 0 Å². The van der Waals surface area contributed by atoms with Crippen LogP contribution < -0.4 is 10.5 Å². The lowest BCUT2D eigenvalue weighted by Gasteiger charge is -2.38. The monoisotopic (exact) mass is 277 g/mol. The Balaban J connectivity index is 2.31. The van der Waals surface area contributed by atoms with E-state index in [1.165, 1.54) is 12.8 Å². The molecule has 3 heteroatoms. The molecule has 0 heterocycles. The SMILES string of the molecule is CCC1(C(O)C(CN)c2ccccc2OC)CCCC1. The first-order valence-corrected chi connectivity index (χ1v) is 7.69. The van der Waals surface area contributed by atoms with Crippen LogP contribution in [-0.4, -0.2) is 24.9 Å². The molecule has 2 rings (SSSR count). The maximum Gasteiger partial charge on any atom is 0.122 e. The summed E-state index contributed by atoms with van der Waals surface area (Å²) >= 11 is 0. The quantitative estimate of drug-likeness (QED) is 0.840. The molecule has 0 aliphatic heterocycles. The zero-order valence-electron chi connectivity index (χ0n) is 12.6. The summed E-state index contributed by atoms with van der Waals surface area (Å²) in [6, 6.07) is 7.91. The Morgan fingerprint density at radius 3 is 2.50 bits per heavy atom. The summed E-state index contributed by atoms with van der Waals surface area (Å²) in [6.45, 7) is 2.63. The van der Waals surface area contributed by atoms with Crippen LogP contribution in [0.5, 0.6) is 5.75 Å². The Labute approximate surface area is 122 Å². The number of para-hydroxylation sites is 1. The average Bonchev–Trinajstić information content (AvgIpc) is 2.98. The maximum absolute atomic E-state index is 11.0. The van der Waals surface area contributed by atoms with Gasteiger partial charge in [-0.05, 0) is 30.7 Å². The number of ether oxygens (including phenoxy) is 1. The van der Waals surface area contributed by atoms with Crippen LogP contribution >= 0.6 is 0 Å². The minimum Gasteiger partial charge on any atom is -0.496 e. The van der Waals surface area contributed by atoms with Gasteiger partial charge in [-0.1, -0.05) is 38.0 Å². The van der Waals surface area contributed by atoms with Gasteiger partial charge in [0.1, 0.15) is 5.75 Å². The highest BCUT2D eigenvalue weighted by atomic mass is 16.5. The third-order valence-corrected chi connectivity index (χ3v) is 5.10. The first-order valence-electron chi connectivity index (χ1n) is 7.69. The molecule has 1 aromatic rings. The largest absolute Gasteiger partial charge is 0.496 e. The summed E-state index contributed by atoms with van der Waals surface area (Å²) in [6.07, 6.45) is 5.27. The molecule has 1 aliphatic rings. The fourth-order valence-electron chi connectivity index (χ4n) is 3.76. The van der Waals surface area contributed by atoms with Crippen molar-refractivity contribution in [2.24, 2.45) is 11.1 Å². The van der Waals surface area contributed by atoms with E-state index in [9.17, 15) is 5.11 Å². The number of hydrogen-bond donors (Lipinski definition) is 2. The predicted octanol–water partition coefficient (Wildman–Crippen LogP) is 3.07. The minimum atomic E-state index is -0.392. The minimum absolute atomic E-state index is 0.0326. The highest BCUT2D eigenvalue weighted by Gasteiger charge is 2.43. The molecule has 0 amide bonds. The van der Waals surface area contributed by atoms with Crippen molar-refractivity contribution in [3.8, 4) is 5.75 Å². The molecule has 0 radical (unpaired) electrons. The Hall–Kier alpha value is -1.06. The van der Waals surface area contributed by atoms with Crippen LogP contribution in [0.3, 0.4) is 0 Å². The van der Waals surface area contributed by atoms with Gasteiger partial charge >= 0.3 is 0 Å². The van der Waals surface area contributed by atoms with Crippen LogP contribution in [0.25, 0.3) is 0 Å². The van der Waals surface area contributed by atoms with E-state index < -0.39 is 6.10 Å². The molecule has 20 heavy (non-hydrogen) atoms. The summed E-state index contributed by atoms with van der Waals surface area (Å²) in [5.41, 5.74) is 7.06. The third-order valence-electron chi connectivity index (χ3n) is 5.10. The normalized spacial score (nSPS) is 20.6. The van der Waals surface area contributed by atoms with Crippen LogP contribution in [0.2, 0.25) is 0 Å². The second-order valence-electron chi connectivity index (χ2n) is 5.95. The van der Waals surface area contributed by atoms with Gasteiger partial charge in [-0.25, -0.2) is 0 Å². The van der Waals surface area contributed by atoms with E-state index in [0.29, 0.717) is 6.54 Å². The maximum atomic E-state index is 11.0. The highest BCUT2D eigenvalue weighted by molar-refractivity contribution is 5.37. The highest BCUT2D eigenvalue weighted by Crippen LogP contribution is 2.48. The molecule has 2 unspecified atom stereocenters. The number of nitrogens with two attached hydrogens (primary N) is 1. The third kappa shape index (κ3) is 2.70. The molecule has 3 nitrogen and oxygen atoms in total. The van der Waals surface area contributed by atoms with Gasteiger partial charge in [-0.15, -0.1) is 0 Å². The molecule has 0 saturated heterocycles. The lowest BCUT2D eigenvalue weighted by molar-refractivity contribution is 0.00552. The van der Waals surface area contributed by atoms with Crippen LogP contribution in [-0.2, 0) is 0 Å². The van der Waals surface area contributed by atoms with Crippen molar-refractivity contribution in [3.63, 3.8) is 0 Å². The Kier molecular flexibility index (Phi) is 5.06. The number of methoxy groups -OCH3 is 1. The predicted molar refractivity (Wildman–Crippen MR) is 82.0 cm³/mol. The number of aliphatic hydroxyl groups excluding tert-OH is 1. The van der Waals surface area contributed by atoms with E-state index in [4.69, 9.17) is 10.5 Å². The molecule has 0 bridgehead atoms. The molecule has 1 fully saturated rings. The number of aliphatic hydroxyl groups is 1. The van der Waals surface area contributed by atoms with Gasteiger partial charge in [0.05, 0.1) is 13.2 Å². The lowest BCUT2D eigenvalue weighted by atomic mass is 9.71. The van der Waals surface area contributed by atoms with E-state index in [1.807, 2.05) is 24.3 Å². The van der Waals surface area contributed by atoms with Crippen LogP contribution in [0.15, 0.2) is 24.3 Å². The van der Waals surface area contributed by atoms with Crippen molar-refractivity contribution < 1.29 is 9.84 Å². The molecule has 2 atom stereocenters. The van der Waals surface area contributed by atoms with E-state index >= 15 is 0 Å². The van der Waals surface area contributed by atoms with Crippen molar-refractivity contribution in [3.05, 3.63) is 29.8 Å². The molecule has 3 N–H and O–H groups in total. The number of benzene rings is 1. The van der Waals surface area contributed by atoms with Crippen molar-refractivity contribution in [2.45, 2.75) is 51.0 Å². The second-order valence-corrected chi connectivity index (χ2v) is 5.95. The molecular formula is C17H27NO2. The molecule has 1 saturated carbocycles. The molecule has 112 valence electrons. The summed E-state index contributed by atoms with van der Waals surface area (Å²) in [7, 11) is 1.67. The van der Waals surface area contributed by atoms with Crippen molar-refractivity contribution in [1.82, 2.24) is 0 Å². The van der Waals surface area contributed by atoms with Gasteiger partial charge in [0.15, 0.2) is 0 Å². The smallest absolute Gasteiger partial charge is 0.122 e. The molecular weight excluding hydrogens is 250 g/mol. The summed E-state index contributed by atoms with van der Waals surface area (Å²) in [4.78, 5) is 0. The molecule has 0 aromatic heterocycles. The summed E-state index contributed by atoms with van der Waals surface area (Å²) < 4.78 is 5.44. The van der Waals surface area contributed by atoms with Gasteiger partial charge in [-0.2, -0.15) is 0 Å². The Bertz CT molecular complexity index is 427. The standard InChI is InChI=1S/C17H27NO2/c1-3-17(10-6-7-11-17)16(19)14(12-18)13-8-4-5-9-15(13)20-2/h4-5,8-9,14,16,19H,3,6-7,10-12,18H2,1-2H3. The van der Waals surface area contributed by atoms with E-state index in [1.54, 1.807) is 7.11 Å². The lowest BCUT2D eigenvalue weighted by Crippen LogP contribution is -2.40. The van der Waals surface area contributed by atoms with Gasteiger partial charge in [0, 0.05) is 18.0 Å². The number of hydrogen-bond acceptors (Lipinski definition) is 3. The molecule has 1 aliphatic carbocycles. The second kappa shape index (κ2) is 6.59. The first kappa shape index (κ1) is 15.3.